The lowest BCUT2D eigenvalue weighted by Gasteiger charge is -2.08. The fraction of sp³-hybridized carbons (Fsp3) is 0.111. The number of carbonyl (C=O) groups is 1. The number of imidazole rings is 1. The van der Waals surface area contributed by atoms with Gasteiger partial charge < -0.3 is 15.0 Å². The van der Waals surface area contributed by atoms with Gasteiger partial charge in [-0.05, 0) is 24.3 Å². The summed E-state index contributed by atoms with van der Waals surface area (Å²) in [5, 5.41) is 13.4. The van der Waals surface area contributed by atoms with Crippen LogP contribution in [0.2, 0.25) is 0 Å². The summed E-state index contributed by atoms with van der Waals surface area (Å²) in [6.45, 7) is 0.170. The molecule has 0 aliphatic rings. The van der Waals surface area contributed by atoms with Gasteiger partial charge in [0.2, 0.25) is 5.13 Å². The van der Waals surface area contributed by atoms with Crippen molar-refractivity contribution in [1.82, 2.24) is 25.5 Å². The van der Waals surface area contributed by atoms with Crippen molar-refractivity contribution in [3.05, 3.63) is 54.4 Å². The van der Waals surface area contributed by atoms with E-state index in [4.69, 9.17) is 0 Å². The maximum atomic E-state index is 12.4. The number of amides is 2. The van der Waals surface area contributed by atoms with Crippen LogP contribution in [0.3, 0.4) is 0 Å². The molecule has 154 valence electrons. The molecular weight excluding hydrogens is 421 g/mol. The quantitative estimate of drug-likeness (QED) is 0.434. The van der Waals surface area contributed by atoms with Crippen LogP contribution < -0.4 is 15.4 Å². The lowest BCUT2D eigenvalue weighted by Crippen LogP contribution is -2.28. The van der Waals surface area contributed by atoms with E-state index in [2.05, 4.69) is 35.5 Å². The second-order valence-corrected chi connectivity index (χ2v) is 6.97. The minimum Gasteiger partial charge on any atom is -0.406 e. The minimum atomic E-state index is -4.79. The van der Waals surface area contributed by atoms with Gasteiger partial charge >= 0.3 is 12.4 Å². The van der Waals surface area contributed by atoms with Crippen LogP contribution in [0.25, 0.3) is 21.6 Å². The molecule has 30 heavy (non-hydrogen) atoms. The molecule has 0 radical (unpaired) electrons. The Morgan fingerprint density at radius 2 is 1.97 bits per heavy atom. The largest absolute Gasteiger partial charge is 0.573 e. The van der Waals surface area contributed by atoms with Gasteiger partial charge in [-0.3, -0.25) is 5.32 Å². The number of halogens is 3. The number of fused-ring (bicyclic) bond motifs is 1. The highest BCUT2D eigenvalue weighted by atomic mass is 32.1. The van der Waals surface area contributed by atoms with Crippen molar-refractivity contribution in [3.63, 3.8) is 0 Å². The van der Waals surface area contributed by atoms with E-state index in [1.165, 1.54) is 18.2 Å². The van der Waals surface area contributed by atoms with Crippen LogP contribution in [0.15, 0.2) is 48.5 Å². The summed E-state index contributed by atoms with van der Waals surface area (Å²) in [6, 6.07) is 12.3. The molecule has 0 unspecified atom stereocenters. The molecule has 4 rings (SSSR count). The Morgan fingerprint density at radius 3 is 2.77 bits per heavy atom. The zero-order valence-electron chi connectivity index (χ0n) is 15.0. The lowest BCUT2D eigenvalue weighted by atomic mass is 10.2. The smallest absolute Gasteiger partial charge is 0.406 e. The van der Waals surface area contributed by atoms with Crippen molar-refractivity contribution in [3.8, 4) is 16.3 Å². The molecule has 12 heteroatoms. The third kappa shape index (κ3) is 4.84. The van der Waals surface area contributed by atoms with Crippen molar-refractivity contribution < 1.29 is 22.7 Å². The number of rotatable bonds is 5. The van der Waals surface area contributed by atoms with Crippen LogP contribution in [-0.2, 0) is 6.54 Å². The summed E-state index contributed by atoms with van der Waals surface area (Å²) in [7, 11) is 0. The van der Waals surface area contributed by atoms with Crippen LogP contribution >= 0.6 is 11.3 Å². The molecule has 2 heterocycles. The maximum Gasteiger partial charge on any atom is 0.573 e. The molecule has 0 aliphatic heterocycles. The number of hydrogen-bond acceptors (Lipinski definition) is 6. The van der Waals surface area contributed by atoms with Crippen molar-refractivity contribution in [2.24, 2.45) is 0 Å². The van der Waals surface area contributed by atoms with E-state index in [9.17, 15) is 18.0 Å². The normalized spacial score (nSPS) is 11.4. The standard InChI is InChI=1S/C18H13F3N6O2S/c19-18(20,21)29-11-5-3-4-10(8-11)15-26-27-17(30-15)25-16(28)22-9-14-23-12-6-1-2-7-13(12)24-14/h1-8H,9H2,(H,23,24)(H2,22,25,27,28). The molecule has 0 saturated heterocycles. The Morgan fingerprint density at radius 1 is 1.13 bits per heavy atom. The molecule has 4 aromatic rings. The zero-order chi connectivity index (χ0) is 21.1. The maximum absolute atomic E-state index is 12.4. The first-order valence-electron chi connectivity index (χ1n) is 8.54. The van der Waals surface area contributed by atoms with Crippen LogP contribution in [0, 0.1) is 0 Å². The second kappa shape index (κ2) is 7.99. The van der Waals surface area contributed by atoms with Gasteiger partial charge in [0.25, 0.3) is 0 Å². The zero-order valence-corrected chi connectivity index (χ0v) is 15.8. The number of aromatic amines is 1. The highest BCUT2D eigenvalue weighted by Gasteiger charge is 2.31. The number of carbonyl (C=O) groups excluding carboxylic acids is 1. The van der Waals surface area contributed by atoms with E-state index >= 15 is 0 Å². The predicted octanol–water partition coefficient (Wildman–Crippen LogP) is 4.30. The molecule has 0 spiro atoms. The number of nitrogens with one attached hydrogen (secondary N) is 3. The Balaban J connectivity index is 1.37. The lowest BCUT2D eigenvalue weighted by molar-refractivity contribution is -0.274. The average molecular weight is 434 g/mol. The molecule has 2 aromatic heterocycles. The van der Waals surface area contributed by atoms with Gasteiger partial charge in [0, 0.05) is 5.56 Å². The molecule has 0 atom stereocenters. The number of alkyl halides is 3. The van der Waals surface area contributed by atoms with E-state index in [-0.39, 0.29) is 17.4 Å². The summed E-state index contributed by atoms with van der Waals surface area (Å²) >= 11 is 1.01. The topological polar surface area (TPSA) is 105 Å². The highest BCUT2D eigenvalue weighted by molar-refractivity contribution is 7.18. The molecule has 3 N–H and O–H groups in total. The van der Waals surface area contributed by atoms with Crippen LogP contribution in [-0.4, -0.2) is 32.6 Å². The number of urea groups is 1. The molecule has 2 amide bonds. The predicted molar refractivity (Wildman–Crippen MR) is 104 cm³/mol. The van der Waals surface area contributed by atoms with Gasteiger partial charge in [0.15, 0.2) is 0 Å². The Hall–Kier alpha value is -3.67. The fourth-order valence-corrected chi connectivity index (χ4v) is 3.35. The number of anilines is 1. The van der Waals surface area contributed by atoms with Gasteiger partial charge in [-0.2, -0.15) is 0 Å². The van der Waals surface area contributed by atoms with Crippen LogP contribution in [0.5, 0.6) is 5.75 Å². The van der Waals surface area contributed by atoms with Crippen molar-refractivity contribution in [2.45, 2.75) is 12.9 Å². The highest BCUT2D eigenvalue weighted by Crippen LogP contribution is 2.30. The molecule has 0 fully saturated rings. The molecule has 8 nitrogen and oxygen atoms in total. The van der Waals surface area contributed by atoms with E-state index in [0.29, 0.717) is 16.4 Å². The number of para-hydroxylation sites is 2. The van der Waals surface area contributed by atoms with Gasteiger partial charge in [-0.1, -0.05) is 35.6 Å². The van der Waals surface area contributed by atoms with E-state index in [1.807, 2.05) is 24.3 Å². The molecular formula is C18H13F3N6O2S. The van der Waals surface area contributed by atoms with Gasteiger partial charge in [0.05, 0.1) is 17.6 Å². The Labute approximate surface area is 171 Å². The van der Waals surface area contributed by atoms with Crippen molar-refractivity contribution in [2.75, 3.05) is 5.32 Å². The number of H-pyrrole nitrogens is 1. The summed E-state index contributed by atoms with van der Waals surface area (Å²) in [6.07, 6.45) is -4.79. The average Bonchev–Trinajstić information content (AvgIpc) is 3.32. The second-order valence-electron chi connectivity index (χ2n) is 6.00. The van der Waals surface area contributed by atoms with Gasteiger partial charge in [0.1, 0.15) is 16.6 Å². The molecule has 2 aromatic carbocycles. The van der Waals surface area contributed by atoms with Gasteiger partial charge in [-0.15, -0.1) is 23.4 Å². The first kappa shape index (κ1) is 19.6. The van der Waals surface area contributed by atoms with Crippen LogP contribution in [0.4, 0.5) is 23.1 Å². The number of aromatic nitrogens is 4. The van der Waals surface area contributed by atoms with Crippen molar-refractivity contribution in [1.29, 1.82) is 0 Å². The Bertz CT molecular complexity index is 1160. The fourth-order valence-electron chi connectivity index (χ4n) is 2.61. The molecule has 0 aliphatic carbocycles. The summed E-state index contributed by atoms with van der Waals surface area (Å²) in [5.74, 6) is 0.221. The first-order valence-corrected chi connectivity index (χ1v) is 9.35. The van der Waals surface area contributed by atoms with Crippen molar-refractivity contribution >= 4 is 33.5 Å². The number of hydrogen-bond donors (Lipinski definition) is 3. The third-order valence-corrected chi connectivity index (χ3v) is 4.70. The van der Waals surface area contributed by atoms with Crippen LogP contribution in [0.1, 0.15) is 5.82 Å². The number of nitrogens with zero attached hydrogens (tertiary/aromatic N) is 3. The van der Waals surface area contributed by atoms with E-state index < -0.39 is 12.4 Å². The van der Waals surface area contributed by atoms with Gasteiger partial charge in [-0.25, -0.2) is 9.78 Å². The van der Waals surface area contributed by atoms with E-state index in [1.54, 1.807) is 6.07 Å². The SMILES string of the molecule is O=C(NCc1nc2ccccc2[nH]1)Nc1nnc(-c2cccc(OC(F)(F)F)c2)s1. The Kier molecular flexibility index (Phi) is 5.23. The first-order chi connectivity index (χ1) is 14.4. The third-order valence-electron chi connectivity index (χ3n) is 3.81. The molecule has 0 bridgehead atoms. The summed E-state index contributed by atoms with van der Waals surface area (Å²) in [4.78, 5) is 19.5. The minimum absolute atomic E-state index is 0.170. The number of ether oxygens (including phenoxy) is 1. The number of benzene rings is 2. The van der Waals surface area contributed by atoms with E-state index in [0.717, 1.165) is 22.4 Å². The monoisotopic (exact) mass is 434 g/mol. The summed E-state index contributed by atoms with van der Waals surface area (Å²) in [5.41, 5.74) is 2.03. The summed E-state index contributed by atoms with van der Waals surface area (Å²) < 4.78 is 41.0. The molecule has 0 saturated carbocycles.